The molecule has 3 rings (SSSR count). The molecule has 1 aliphatic rings. The van der Waals surface area contributed by atoms with Gasteiger partial charge in [0.2, 0.25) is 0 Å². The Hall–Kier alpha value is -2.47. The minimum Gasteiger partial charge on any atom is -0.340 e. The summed E-state index contributed by atoms with van der Waals surface area (Å²) in [4.78, 5) is 40.0. The minimum atomic E-state index is -1.36. The zero-order valence-electron chi connectivity index (χ0n) is 14.0. The average Bonchev–Trinajstić information content (AvgIpc) is 2.66. The van der Waals surface area contributed by atoms with Gasteiger partial charge in [-0.2, -0.15) is 0 Å². The number of carbonyl (C=O) groups is 2. The van der Waals surface area contributed by atoms with E-state index in [1.165, 1.54) is 30.5 Å². The Kier molecular flexibility index (Phi) is 5.52. The van der Waals surface area contributed by atoms with Gasteiger partial charge in [0.1, 0.15) is 5.82 Å². The zero-order chi connectivity index (χ0) is 18.7. The molecule has 0 saturated carbocycles. The number of carbonyl (C=O) groups excluding carboxylic acids is 2. The van der Waals surface area contributed by atoms with Crippen molar-refractivity contribution in [2.75, 3.05) is 13.1 Å². The lowest BCUT2D eigenvalue weighted by Crippen LogP contribution is -2.45. The molecule has 2 heterocycles. The summed E-state index contributed by atoms with van der Waals surface area (Å²) in [6, 6.07) is 6.19. The van der Waals surface area contributed by atoms with Gasteiger partial charge in [-0.3, -0.25) is 19.0 Å². The largest absolute Gasteiger partial charge is 0.340 e. The quantitative estimate of drug-likeness (QED) is 0.608. The number of amides is 1. The highest BCUT2D eigenvalue weighted by molar-refractivity contribution is 6.30. The van der Waals surface area contributed by atoms with Crippen LogP contribution in [0.3, 0.4) is 0 Å². The number of rotatable bonds is 4. The number of halogens is 2. The SMILES string of the molecule is O=C(c1ccc(F)cc1)C(C(=O)N1CCCCC1)n1cc(Cl)ccc1=O. The van der Waals surface area contributed by atoms with Crippen LogP contribution in [-0.2, 0) is 4.79 Å². The number of hydrogen-bond acceptors (Lipinski definition) is 3. The van der Waals surface area contributed by atoms with Gasteiger partial charge in [0.05, 0.1) is 5.02 Å². The van der Waals surface area contributed by atoms with Gasteiger partial charge in [-0.05, 0) is 49.6 Å². The summed E-state index contributed by atoms with van der Waals surface area (Å²) in [5, 5.41) is 0.243. The fourth-order valence-corrected chi connectivity index (χ4v) is 3.26. The van der Waals surface area contributed by atoms with Gasteiger partial charge >= 0.3 is 0 Å². The summed E-state index contributed by atoms with van der Waals surface area (Å²) in [7, 11) is 0. The molecule has 1 amide bonds. The molecule has 1 atom stereocenters. The predicted molar refractivity (Wildman–Crippen MR) is 95.9 cm³/mol. The van der Waals surface area contributed by atoms with E-state index >= 15 is 0 Å². The maximum atomic E-state index is 13.2. The van der Waals surface area contributed by atoms with Crippen LogP contribution in [0.25, 0.3) is 0 Å². The Bertz CT molecular complexity index is 873. The summed E-state index contributed by atoms with van der Waals surface area (Å²) >= 11 is 5.98. The summed E-state index contributed by atoms with van der Waals surface area (Å²) in [5.74, 6) is -1.49. The van der Waals surface area contributed by atoms with E-state index in [1.54, 1.807) is 4.90 Å². The first-order valence-electron chi connectivity index (χ1n) is 8.43. The topological polar surface area (TPSA) is 59.4 Å². The van der Waals surface area contributed by atoms with Crippen molar-refractivity contribution >= 4 is 23.3 Å². The van der Waals surface area contributed by atoms with Crippen LogP contribution in [0.4, 0.5) is 4.39 Å². The molecule has 1 fully saturated rings. The van der Waals surface area contributed by atoms with Crippen LogP contribution in [-0.4, -0.2) is 34.2 Å². The zero-order valence-corrected chi connectivity index (χ0v) is 14.8. The van der Waals surface area contributed by atoms with Gasteiger partial charge in [0, 0.05) is 30.9 Å². The van der Waals surface area contributed by atoms with E-state index in [9.17, 15) is 18.8 Å². The van der Waals surface area contributed by atoms with E-state index in [4.69, 9.17) is 11.6 Å². The lowest BCUT2D eigenvalue weighted by atomic mass is 10.0. The maximum absolute atomic E-state index is 13.2. The number of likely N-dealkylation sites (tertiary alicyclic amines) is 1. The number of hydrogen-bond donors (Lipinski definition) is 0. The van der Waals surface area contributed by atoms with Gasteiger partial charge in [0.25, 0.3) is 11.5 Å². The Labute approximate surface area is 155 Å². The molecule has 0 radical (unpaired) electrons. The second kappa shape index (κ2) is 7.83. The molecule has 7 heteroatoms. The Balaban J connectivity index is 2.04. The van der Waals surface area contributed by atoms with Crippen LogP contribution in [0.15, 0.2) is 47.4 Å². The molecule has 1 aliphatic heterocycles. The van der Waals surface area contributed by atoms with Crippen LogP contribution in [0.1, 0.15) is 35.7 Å². The second-order valence-corrected chi connectivity index (χ2v) is 6.69. The molecular formula is C19H18ClFN2O3. The molecule has 1 aromatic heterocycles. The first-order valence-corrected chi connectivity index (χ1v) is 8.81. The van der Waals surface area contributed by atoms with Crippen molar-refractivity contribution in [1.82, 2.24) is 9.47 Å². The summed E-state index contributed by atoms with van der Waals surface area (Å²) < 4.78 is 14.2. The molecule has 5 nitrogen and oxygen atoms in total. The van der Waals surface area contributed by atoms with Crippen molar-refractivity contribution in [2.45, 2.75) is 25.3 Å². The third kappa shape index (κ3) is 3.85. The smallest absolute Gasteiger partial charge is 0.253 e. The van der Waals surface area contributed by atoms with Crippen molar-refractivity contribution in [3.8, 4) is 0 Å². The number of ketones is 1. The Morgan fingerprint density at radius 3 is 2.31 bits per heavy atom. The van der Waals surface area contributed by atoms with E-state index in [2.05, 4.69) is 0 Å². The van der Waals surface area contributed by atoms with Gasteiger partial charge in [-0.15, -0.1) is 0 Å². The highest BCUT2D eigenvalue weighted by Crippen LogP contribution is 2.21. The van der Waals surface area contributed by atoms with Gasteiger partial charge in [-0.1, -0.05) is 11.6 Å². The van der Waals surface area contributed by atoms with Crippen LogP contribution < -0.4 is 5.56 Å². The third-order valence-electron chi connectivity index (χ3n) is 4.46. The van der Waals surface area contributed by atoms with Crippen LogP contribution in [0.2, 0.25) is 5.02 Å². The van der Waals surface area contributed by atoms with E-state index in [1.807, 2.05) is 0 Å². The van der Waals surface area contributed by atoms with Crippen LogP contribution in [0, 0.1) is 5.82 Å². The Morgan fingerprint density at radius 2 is 1.65 bits per heavy atom. The molecule has 2 aromatic rings. The van der Waals surface area contributed by atoms with Gasteiger partial charge < -0.3 is 4.90 Å². The number of Topliss-reactive ketones (excluding diaryl/α,β-unsaturated/α-hetero) is 1. The first kappa shape index (κ1) is 18.3. The van der Waals surface area contributed by atoms with Gasteiger partial charge in [-0.25, -0.2) is 4.39 Å². The lowest BCUT2D eigenvalue weighted by Gasteiger charge is -2.30. The Morgan fingerprint density at radius 1 is 1.00 bits per heavy atom. The highest BCUT2D eigenvalue weighted by Gasteiger charge is 2.34. The van der Waals surface area contributed by atoms with Crippen LogP contribution in [0.5, 0.6) is 0 Å². The molecule has 1 aromatic carbocycles. The second-order valence-electron chi connectivity index (χ2n) is 6.25. The summed E-state index contributed by atoms with van der Waals surface area (Å²) in [5.41, 5.74) is -0.339. The lowest BCUT2D eigenvalue weighted by molar-refractivity contribution is -0.134. The van der Waals surface area contributed by atoms with Crippen molar-refractivity contribution in [1.29, 1.82) is 0 Å². The molecular weight excluding hydrogens is 359 g/mol. The first-order chi connectivity index (χ1) is 12.5. The molecule has 1 unspecified atom stereocenters. The minimum absolute atomic E-state index is 0.161. The fourth-order valence-electron chi connectivity index (χ4n) is 3.09. The number of aromatic nitrogens is 1. The highest BCUT2D eigenvalue weighted by atomic mass is 35.5. The third-order valence-corrected chi connectivity index (χ3v) is 4.68. The summed E-state index contributed by atoms with van der Waals surface area (Å²) in [6.07, 6.45) is 4.02. The van der Waals surface area contributed by atoms with E-state index in [0.29, 0.717) is 13.1 Å². The molecule has 26 heavy (non-hydrogen) atoms. The summed E-state index contributed by atoms with van der Waals surface area (Å²) in [6.45, 7) is 1.09. The average molecular weight is 377 g/mol. The fraction of sp³-hybridized carbons (Fsp3) is 0.316. The molecule has 0 aliphatic carbocycles. The van der Waals surface area contributed by atoms with Crippen molar-refractivity contribution < 1.29 is 14.0 Å². The standard InChI is InChI=1S/C19H18ClFN2O3/c20-14-6-9-16(24)23(12-14)17(19(26)22-10-2-1-3-11-22)18(25)13-4-7-15(21)8-5-13/h4-9,12,17H,1-3,10-11H2. The van der Waals surface area contributed by atoms with E-state index in [0.717, 1.165) is 36.0 Å². The molecule has 0 spiro atoms. The van der Waals surface area contributed by atoms with E-state index in [-0.39, 0.29) is 10.6 Å². The molecule has 0 N–H and O–H groups in total. The van der Waals surface area contributed by atoms with Crippen molar-refractivity contribution in [3.05, 3.63) is 69.4 Å². The maximum Gasteiger partial charge on any atom is 0.253 e. The van der Waals surface area contributed by atoms with Crippen molar-refractivity contribution in [2.24, 2.45) is 0 Å². The predicted octanol–water partition coefficient (Wildman–Crippen LogP) is 3.08. The van der Waals surface area contributed by atoms with Crippen LogP contribution >= 0.6 is 11.6 Å². The number of nitrogens with zero attached hydrogens (tertiary/aromatic N) is 2. The van der Waals surface area contributed by atoms with Crippen molar-refractivity contribution in [3.63, 3.8) is 0 Å². The number of piperidine rings is 1. The molecule has 1 saturated heterocycles. The number of pyridine rings is 1. The normalized spacial score (nSPS) is 15.5. The number of benzene rings is 1. The molecule has 136 valence electrons. The molecule has 0 bridgehead atoms. The van der Waals surface area contributed by atoms with E-state index < -0.39 is 29.1 Å². The monoisotopic (exact) mass is 376 g/mol. The van der Waals surface area contributed by atoms with Gasteiger partial charge in [0.15, 0.2) is 11.8 Å².